The third-order valence-corrected chi connectivity index (χ3v) is 6.66. The fourth-order valence-corrected chi connectivity index (χ4v) is 4.96. The number of aromatic nitrogens is 3. The average Bonchev–Trinajstić information content (AvgIpc) is 3.24. The molecule has 2 aromatic heterocycles. The molecule has 0 aliphatic heterocycles. The first kappa shape index (κ1) is 25.4. The van der Waals surface area contributed by atoms with E-state index in [0.717, 1.165) is 11.3 Å². The van der Waals surface area contributed by atoms with Crippen molar-refractivity contribution in [3.8, 4) is 11.5 Å². The number of para-hydroxylation sites is 1. The van der Waals surface area contributed by atoms with Crippen molar-refractivity contribution in [3.63, 3.8) is 0 Å². The smallest absolute Gasteiger partial charge is 0.295 e. The molecule has 0 saturated carbocycles. The Hall–Kier alpha value is -4.25. The van der Waals surface area contributed by atoms with Crippen LogP contribution in [0.2, 0.25) is 10.0 Å². The van der Waals surface area contributed by atoms with Crippen molar-refractivity contribution < 1.29 is 14.3 Å². The molecule has 5 aromatic rings. The highest BCUT2D eigenvalue weighted by Crippen LogP contribution is 2.27. The molecule has 190 valence electrons. The van der Waals surface area contributed by atoms with E-state index in [9.17, 15) is 14.4 Å². The van der Waals surface area contributed by atoms with Crippen molar-refractivity contribution >= 4 is 62.7 Å². The molecule has 0 aliphatic carbocycles. The summed E-state index contributed by atoms with van der Waals surface area (Å²) in [7, 11) is 0. The van der Waals surface area contributed by atoms with Gasteiger partial charge in [0.05, 0.1) is 0 Å². The van der Waals surface area contributed by atoms with E-state index in [2.05, 4.69) is 20.7 Å². The number of halogens is 2. The Morgan fingerprint density at radius 2 is 1.50 bits per heavy atom. The summed E-state index contributed by atoms with van der Waals surface area (Å²) >= 11 is 12.9. The highest BCUT2D eigenvalue weighted by Gasteiger charge is 2.26. The lowest BCUT2D eigenvalue weighted by atomic mass is 10.2. The quantitative estimate of drug-likeness (QED) is 0.258. The van der Waals surface area contributed by atoms with Gasteiger partial charge in [-0.25, -0.2) is 0 Å². The van der Waals surface area contributed by atoms with Gasteiger partial charge in [-0.1, -0.05) is 52.7 Å². The molecule has 38 heavy (non-hydrogen) atoms. The molecule has 0 aliphatic rings. The predicted molar refractivity (Wildman–Crippen MR) is 147 cm³/mol. The van der Waals surface area contributed by atoms with Crippen LogP contribution in [-0.2, 0) is 0 Å². The van der Waals surface area contributed by atoms with Gasteiger partial charge in [0.2, 0.25) is 4.96 Å². The van der Waals surface area contributed by atoms with E-state index < -0.39 is 17.4 Å². The van der Waals surface area contributed by atoms with Gasteiger partial charge in [0.1, 0.15) is 22.1 Å². The standard InChI is InChI=1S/C26H17Cl2N5O4S/c1-14-23(34)31-26-33(32-14)21(22(38-26)25(36)30-18-12-15(27)11-16(28)13-18)24(35)29-17-7-9-20(10-8-17)37-19-5-3-2-4-6-19/h2-13H,1H3,(H,29,35)(H,30,36). The Labute approximate surface area is 229 Å². The van der Waals surface area contributed by atoms with Gasteiger partial charge in [-0.15, -0.1) is 0 Å². The second kappa shape index (κ2) is 10.6. The molecule has 0 radical (unpaired) electrons. The number of carbonyl (C=O) groups excluding carboxylic acids is 2. The Bertz CT molecular complexity index is 1720. The van der Waals surface area contributed by atoms with Gasteiger partial charge >= 0.3 is 0 Å². The molecular weight excluding hydrogens is 549 g/mol. The largest absolute Gasteiger partial charge is 0.457 e. The molecule has 0 saturated heterocycles. The third kappa shape index (κ3) is 5.52. The number of rotatable bonds is 6. The minimum absolute atomic E-state index is 0.00682. The molecule has 3 aromatic carbocycles. The SMILES string of the molecule is Cc1nn2c(C(=O)Nc3ccc(Oc4ccccc4)cc3)c(C(=O)Nc3cc(Cl)cc(Cl)c3)sc2nc1=O. The summed E-state index contributed by atoms with van der Waals surface area (Å²) in [6.45, 7) is 1.47. The summed E-state index contributed by atoms with van der Waals surface area (Å²) in [5.41, 5.74) is 0.215. The number of fused-ring (bicyclic) bond motifs is 1. The van der Waals surface area contributed by atoms with Crippen molar-refractivity contribution in [2.75, 3.05) is 10.6 Å². The Kier molecular flexibility index (Phi) is 7.10. The number of thiazole rings is 1. The topological polar surface area (TPSA) is 115 Å². The van der Waals surface area contributed by atoms with Gasteiger partial charge in [0, 0.05) is 21.4 Å². The van der Waals surface area contributed by atoms with Crippen molar-refractivity contribution in [3.05, 3.63) is 109 Å². The number of hydrogen-bond acceptors (Lipinski definition) is 7. The van der Waals surface area contributed by atoms with Crippen molar-refractivity contribution in [2.45, 2.75) is 6.92 Å². The van der Waals surface area contributed by atoms with Crippen LogP contribution in [0.3, 0.4) is 0 Å². The summed E-state index contributed by atoms with van der Waals surface area (Å²) in [5, 5.41) is 10.3. The van der Waals surface area contributed by atoms with E-state index in [1.807, 2.05) is 30.3 Å². The average molecular weight is 566 g/mol. The van der Waals surface area contributed by atoms with Crippen LogP contribution >= 0.6 is 34.5 Å². The number of nitrogens with zero attached hydrogens (tertiary/aromatic N) is 3. The minimum Gasteiger partial charge on any atom is -0.457 e. The van der Waals surface area contributed by atoms with Crippen LogP contribution in [0, 0.1) is 6.92 Å². The lowest BCUT2D eigenvalue weighted by molar-refractivity contribution is 0.0988. The highest BCUT2D eigenvalue weighted by molar-refractivity contribution is 7.19. The maximum Gasteiger partial charge on any atom is 0.295 e. The number of aryl methyl sites for hydroxylation is 1. The molecule has 9 nitrogen and oxygen atoms in total. The Balaban J connectivity index is 1.45. The van der Waals surface area contributed by atoms with E-state index in [1.165, 1.54) is 29.6 Å². The zero-order valence-corrected chi connectivity index (χ0v) is 21.9. The van der Waals surface area contributed by atoms with Gasteiger partial charge in [-0.05, 0) is 61.5 Å². The molecule has 0 spiro atoms. The molecular formula is C26H17Cl2N5O4S. The van der Waals surface area contributed by atoms with Crippen LogP contribution in [0.4, 0.5) is 11.4 Å². The third-order valence-electron chi connectivity index (χ3n) is 5.19. The zero-order valence-electron chi connectivity index (χ0n) is 19.6. The first-order valence-corrected chi connectivity index (χ1v) is 12.7. The molecule has 2 heterocycles. The molecule has 2 N–H and O–H groups in total. The normalized spacial score (nSPS) is 10.8. The number of amides is 2. The van der Waals surface area contributed by atoms with Gasteiger partial charge < -0.3 is 15.4 Å². The van der Waals surface area contributed by atoms with Crippen molar-refractivity contribution in [1.82, 2.24) is 14.6 Å². The van der Waals surface area contributed by atoms with Crippen LogP contribution in [0.5, 0.6) is 11.5 Å². The summed E-state index contributed by atoms with van der Waals surface area (Å²) in [4.78, 5) is 42.8. The summed E-state index contributed by atoms with van der Waals surface area (Å²) in [6.07, 6.45) is 0. The van der Waals surface area contributed by atoms with Crippen LogP contribution in [0.1, 0.15) is 25.9 Å². The molecule has 0 unspecified atom stereocenters. The van der Waals surface area contributed by atoms with E-state index in [1.54, 1.807) is 24.3 Å². The fourth-order valence-electron chi connectivity index (χ4n) is 3.49. The maximum atomic E-state index is 13.4. The molecule has 0 bridgehead atoms. The van der Waals surface area contributed by atoms with Crippen LogP contribution < -0.4 is 20.9 Å². The summed E-state index contributed by atoms with van der Waals surface area (Å²) in [6, 6.07) is 20.5. The monoisotopic (exact) mass is 565 g/mol. The van der Waals surface area contributed by atoms with E-state index in [0.29, 0.717) is 32.9 Å². The van der Waals surface area contributed by atoms with Gasteiger partial charge in [0.15, 0.2) is 5.69 Å². The maximum absolute atomic E-state index is 13.4. The van der Waals surface area contributed by atoms with E-state index in [4.69, 9.17) is 27.9 Å². The Morgan fingerprint density at radius 3 is 2.18 bits per heavy atom. The fraction of sp³-hybridized carbons (Fsp3) is 0.0385. The van der Waals surface area contributed by atoms with Crippen LogP contribution in [0.25, 0.3) is 4.96 Å². The highest BCUT2D eigenvalue weighted by atomic mass is 35.5. The number of carbonyl (C=O) groups is 2. The molecule has 12 heteroatoms. The second-order valence-electron chi connectivity index (χ2n) is 7.98. The van der Waals surface area contributed by atoms with Gasteiger partial charge in [-0.2, -0.15) is 14.6 Å². The van der Waals surface area contributed by atoms with E-state index >= 15 is 0 Å². The Morgan fingerprint density at radius 1 is 0.868 bits per heavy atom. The molecule has 0 fully saturated rings. The van der Waals surface area contributed by atoms with Gasteiger partial charge in [-0.3, -0.25) is 14.4 Å². The number of nitrogens with one attached hydrogen (secondary N) is 2. The lowest BCUT2D eigenvalue weighted by Crippen LogP contribution is -2.23. The first-order valence-electron chi connectivity index (χ1n) is 11.1. The number of ether oxygens (including phenoxy) is 1. The zero-order chi connectivity index (χ0) is 26.8. The predicted octanol–water partition coefficient (Wildman–Crippen LogP) is 6.06. The second-order valence-corrected chi connectivity index (χ2v) is 9.83. The number of hydrogen-bond donors (Lipinski definition) is 2. The van der Waals surface area contributed by atoms with E-state index in [-0.39, 0.29) is 21.2 Å². The van der Waals surface area contributed by atoms with Crippen LogP contribution in [0.15, 0.2) is 77.6 Å². The summed E-state index contributed by atoms with van der Waals surface area (Å²) < 4.78 is 6.97. The lowest BCUT2D eigenvalue weighted by Gasteiger charge is -2.10. The minimum atomic E-state index is -0.625. The van der Waals surface area contributed by atoms with Crippen molar-refractivity contribution in [1.29, 1.82) is 0 Å². The summed E-state index contributed by atoms with van der Waals surface area (Å²) in [5.74, 6) is 0.00475. The first-order chi connectivity index (χ1) is 18.3. The number of benzene rings is 3. The van der Waals surface area contributed by atoms with Crippen molar-refractivity contribution in [2.24, 2.45) is 0 Å². The number of anilines is 2. The van der Waals surface area contributed by atoms with Crippen LogP contribution in [-0.4, -0.2) is 26.4 Å². The molecule has 2 amide bonds. The molecule has 0 atom stereocenters. The molecule has 5 rings (SSSR count). The van der Waals surface area contributed by atoms with Gasteiger partial charge in [0.25, 0.3) is 17.4 Å².